The Balaban J connectivity index is 1.92. The van der Waals surface area contributed by atoms with E-state index >= 15 is 0 Å². The number of nitrogens with one attached hydrogen (secondary N) is 2. The van der Waals surface area contributed by atoms with E-state index in [0.29, 0.717) is 5.69 Å². The van der Waals surface area contributed by atoms with Crippen molar-refractivity contribution >= 4 is 11.6 Å². The molecule has 82 valence electrons. The molecule has 1 aromatic rings. The quantitative estimate of drug-likeness (QED) is 0.728. The van der Waals surface area contributed by atoms with Gasteiger partial charge in [-0.25, -0.2) is 4.39 Å². The molecular formula is C9H13FN4O. The Morgan fingerprint density at radius 2 is 2.60 bits per heavy atom. The molecule has 1 amide bonds. The van der Waals surface area contributed by atoms with Crippen LogP contribution in [0.1, 0.15) is 6.42 Å². The normalized spacial score (nSPS) is 25.5. The average Bonchev–Trinajstić information content (AvgIpc) is 2.75. The molecule has 2 atom stereocenters. The fraction of sp³-hybridized carbons (Fsp3) is 0.556. The van der Waals surface area contributed by atoms with Crippen LogP contribution in [0.3, 0.4) is 0 Å². The number of carbonyl (C=O) groups is 1. The molecule has 0 aromatic carbocycles. The van der Waals surface area contributed by atoms with Gasteiger partial charge in [-0.15, -0.1) is 0 Å². The van der Waals surface area contributed by atoms with Crippen LogP contribution in [0, 0.1) is 0 Å². The average molecular weight is 212 g/mol. The maximum absolute atomic E-state index is 12.8. The number of alkyl halides is 1. The number of nitrogens with zero attached hydrogens (tertiary/aromatic N) is 2. The van der Waals surface area contributed by atoms with Crippen molar-refractivity contribution in [3.8, 4) is 0 Å². The molecule has 0 unspecified atom stereocenters. The van der Waals surface area contributed by atoms with Crippen molar-refractivity contribution in [1.29, 1.82) is 0 Å². The fourth-order valence-corrected chi connectivity index (χ4v) is 1.61. The highest BCUT2D eigenvalue weighted by molar-refractivity contribution is 5.94. The SMILES string of the molecule is Cn1cc(NC(=O)[C@H]2C[C@H](F)CN2)cn1. The molecule has 2 rings (SSSR count). The summed E-state index contributed by atoms with van der Waals surface area (Å²) in [4.78, 5) is 11.6. The van der Waals surface area contributed by atoms with Gasteiger partial charge in [0.1, 0.15) is 6.17 Å². The number of halogens is 1. The minimum absolute atomic E-state index is 0.205. The Hall–Kier alpha value is -1.43. The van der Waals surface area contributed by atoms with Gasteiger partial charge in [0, 0.05) is 26.2 Å². The van der Waals surface area contributed by atoms with E-state index in [4.69, 9.17) is 0 Å². The maximum Gasteiger partial charge on any atom is 0.241 e. The summed E-state index contributed by atoms with van der Waals surface area (Å²) in [6, 6.07) is -0.430. The number of hydrogen-bond donors (Lipinski definition) is 2. The Morgan fingerprint density at radius 1 is 1.80 bits per heavy atom. The Morgan fingerprint density at radius 3 is 3.13 bits per heavy atom. The molecule has 2 N–H and O–H groups in total. The molecule has 0 bridgehead atoms. The van der Waals surface area contributed by atoms with E-state index in [-0.39, 0.29) is 18.9 Å². The van der Waals surface area contributed by atoms with Crippen molar-refractivity contribution in [3.05, 3.63) is 12.4 Å². The van der Waals surface area contributed by atoms with E-state index in [1.165, 1.54) is 0 Å². The van der Waals surface area contributed by atoms with Gasteiger partial charge in [-0.1, -0.05) is 0 Å². The second kappa shape index (κ2) is 3.98. The minimum atomic E-state index is -0.922. The molecule has 0 aliphatic carbocycles. The van der Waals surface area contributed by atoms with Crippen LogP contribution in [0.5, 0.6) is 0 Å². The van der Waals surface area contributed by atoms with Gasteiger partial charge in [0.25, 0.3) is 0 Å². The van der Waals surface area contributed by atoms with Crippen molar-refractivity contribution in [1.82, 2.24) is 15.1 Å². The number of aromatic nitrogens is 2. The van der Waals surface area contributed by atoms with Gasteiger partial charge < -0.3 is 10.6 Å². The predicted octanol–water partition coefficient (Wildman–Crippen LogP) is 0.0586. The highest BCUT2D eigenvalue weighted by Gasteiger charge is 2.29. The third kappa shape index (κ3) is 2.33. The van der Waals surface area contributed by atoms with Crippen molar-refractivity contribution in [3.63, 3.8) is 0 Å². The van der Waals surface area contributed by atoms with E-state index in [1.54, 1.807) is 24.1 Å². The van der Waals surface area contributed by atoms with Crippen molar-refractivity contribution < 1.29 is 9.18 Å². The first-order chi connectivity index (χ1) is 7.15. The second-order valence-corrected chi connectivity index (χ2v) is 3.69. The molecule has 0 saturated carbocycles. The zero-order valence-corrected chi connectivity index (χ0v) is 8.40. The van der Waals surface area contributed by atoms with Crippen molar-refractivity contribution in [2.75, 3.05) is 11.9 Å². The minimum Gasteiger partial charge on any atom is -0.322 e. The summed E-state index contributed by atoms with van der Waals surface area (Å²) in [7, 11) is 1.76. The summed E-state index contributed by atoms with van der Waals surface area (Å²) in [5.41, 5.74) is 0.631. The summed E-state index contributed by atoms with van der Waals surface area (Å²) in [5.74, 6) is -0.205. The van der Waals surface area contributed by atoms with Crippen molar-refractivity contribution in [2.24, 2.45) is 7.05 Å². The van der Waals surface area contributed by atoms with Crippen LogP contribution in [0.2, 0.25) is 0 Å². The molecule has 5 nitrogen and oxygen atoms in total. The lowest BCUT2D eigenvalue weighted by Gasteiger charge is -2.08. The Bertz CT molecular complexity index is 365. The highest BCUT2D eigenvalue weighted by Crippen LogP contribution is 2.12. The van der Waals surface area contributed by atoms with E-state index in [0.717, 1.165) is 0 Å². The summed E-state index contributed by atoms with van der Waals surface area (Å²) in [6.07, 6.45) is 2.57. The zero-order valence-electron chi connectivity index (χ0n) is 8.40. The fourth-order valence-electron chi connectivity index (χ4n) is 1.61. The number of rotatable bonds is 2. The van der Waals surface area contributed by atoms with Crippen molar-refractivity contribution in [2.45, 2.75) is 18.6 Å². The largest absolute Gasteiger partial charge is 0.322 e. The monoisotopic (exact) mass is 212 g/mol. The summed E-state index contributed by atoms with van der Waals surface area (Å²) < 4.78 is 14.4. The zero-order chi connectivity index (χ0) is 10.8. The first-order valence-electron chi connectivity index (χ1n) is 4.82. The molecule has 0 radical (unpaired) electrons. The number of carbonyl (C=O) groups excluding carboxylic acids is 1. The Kier molecular flexibility index (Phi) is 2.68. The van der Waals surface area contributed by atoms with Gasteiger partial charge >= 0.3 is 0 Å². The van der Waals surface area contributed by atoms with Gasteiger partial charge in [0.05, 0.1) is 17.9 Å². The second-order valence-electron chi connectivity index (χ2n) is 3.69. The lowest BCUT2D eigenvalue weighted by molar-refractivity contribution is -0.117. The molecule has 6 heteroatoms. The number of aryl methyl sites for hydroxylation is 1. The number of hydrogen-bond acceptors (Lipinski definition) is 3. The smallest absolute Gasteiger partial charge is 0.241 e. The standard InChI is InChI=1S/C9H13FN4O/c1-14-5-7(4-12-14)13-9(15)8-2-6(10)3-11-8/h4-6,8,11H,2-3H2,1H3,(H,13,15)/t6-,8+/m0/s1. The molecular weight excluding hydrogens is 199 g/mol. The van der Waals surface area contributed by atoms with Gasteiger partial charge in [0.2, 0.25) is 5.91 Å². The van der Waals surface area contributed by atoms with Crippen LogP contribution in [0.25, 0.3) is 0 Å². The molecule has 15 heavy (non-hydrogen) atoms. The van der Waals surface area contributed by atoms with Crippen LogP contribution < -0.4 is 10.6 Å². The van der Waals surface area contributed by atoms with Crippen LogP contribution >= 0.6 is 0 Å². The van der Waals surface area contributed by atoms with Crippen LogP contribution in [-0.4, -0.2) is 34.4 Å². The van der Waals surface area contributed by atoms with Crippen LogP contribution in [-0.2, 0) is 11.8 Å². The molecule has 1 aliphatic rings. The topological polar surface area (TPSA) is 59.0 Å². The summed E-state index contributed by atoms with van der Waals surface area (Å²) in [5, 5.41) is 9.41. The lowest BCUT2D eigenvalue weighted by atomic mass is 10.2. The van der Waals surface area contributed by atoms with Crippen LogP contribution in [0.4, 0.5) is 10.1 Å². The molecule has 1 saturated heterocycles. The third-order valence-corrected chi connectivity index (χ3v) is 2.37. The number of amides is 1. The maximum atomic E-state index is 12.8. The summed E-state index contributed by atoms with van der Waals surface area (Å²) in [6.45, 7) is 0.255. The predicted molar refractivity (Wildman–Crippen MR) is 53.1 cm³/mol. The Labute approximate surface area is 86.6 Å². The van der Waals surface area contributed by atoms with E-state index in [2.05, 4.69) is 15.7 Å². The molecule has 2 heterocycles. The van der Waals surface area contributed by atoms with E-state index in [9.17, 15) is 9.18 Å². The highest BCUT2D eigenvalue weighted by atomic mass is 19.1. The van der Waals surface area contributed by atoms with Crippen LogP contribution in [0.15, 0.2) is 12.4 Å². The van der Waals surface area contributed by atoms with Gasteiger partial charge in [-0.05, 0) is 0 Å². The molecule has 0 spiro atoms. The lowest BCUT2D eigenvalue weighted by Crippen LogP contribution is -2.35. The first kappa shape index (κ1) is 10.1. The molecule has 1 aromatic heterocycles. The third-order valence-electron chi connectivity index (χ3n) is 2.37. The van der Waals surface area contributed by atoms with Gasteiger partial charge in [0.15, 0.2) is 0 Å². The molecule has 1 fully saturated rings. The summed E-state index contributed by atoms with van der Waals surface area (Å²) >= 11 is 0. The van der Waals surface area contributed by atoms with E-state index in [1.807, 2.05) is 0 Å². The van der Waals surface area contributed by atoms with Gasteiger partial charge in [-0.2, -0.15) is 5.10 Å². The molecule has 1 aliphatic heterocycles. The van der Waals surface area contributed by atoms with E-state index < -0.39 is 12.2 Å². The number of anilines is 1. The first-order valence-corrected chi connectivity index (χ1v) is 4.82. The van der Waals surface area contributed by atoms with Gasteiger partial charge in [-0.3, -0.25) is 9.48 Å².